The monoisotopic (exact) mass is 219 g/mol. The molecule has 15 heavy (non-hydrogen) atoms. The van der Waals surface area contributed by atoms with Crippen LogP contribution in [0.3, 0.4) is 0 Å². The first-order valence-corrected chi connectivity index (χ1v) is 4.04. The Hall–Kier alpha value is -1.48. The molecule has 1 heterocycles. The molecule has 0 aliphatic carbocycles. The minimum atomic E-state index is -4.94. The summed E-state index contributed by atoms with van der Waals surface area (Å²) in [5, 5.41) is 17.7. The lowest BCUT2D eigenvalue weighted by molar-refractivity contribution is -0.270. The number of hydrogen-bond donors (Lipinski definition) is 1. The van der Waals surface area contributed by atoms with E-state index in [9.17, 15) is 18.3 Å². The van der Waals surface area contributed by atoms with Crippen molar-refractivity contribution in [1.82, 2.24) is 0 Å². The third-order valence-corrected chi connectivity index (χ3v) is 1.95. The Kier molecular flexibility index (Phi) is 2.77. The lowest BCUT2D eigenvalue weighted by Crippen LogP contribution is -2.41. The number of alkyl halides is 3. The van der Waals surface area contributed by atoms with Crippen LogP contribution in [0.15, 0.2) is 16.5 Å². The molecule has 6 heteroatoms. The first kappa shape index (κ1) is 11.6. The van der Waals surface area contributed by atoms with E-state index in [1.165, 1.54) is 19.1 Å². The second kappa shape index (κ2) is 3.59. The average molecular weight is 219 g/mol. The molecule has 1 aromatic rings. The number of rotatable bonds is 2. The summed E-state index contributed by atoms with van der Waals surface area (Å²) in [4.78, 5) is 0. The highest BCUT2D eigenvalue weighted by Gasteiger charge is 2.57. The summed E-state index contributed by atoms with van der Waals surface area (Å²) in [5.41, 5.74) is -3.23. The number of aliphatic hydroxyl groups is 1. The van der Waals surface area contributed by atoms with E-state index in [1.807, 2.05) is 0 Å². The van der Waals surface area contributed by atoms with Gasteiger partial charge in [-0.2, -0.15) is 18.4 Å². The maximum Gasteiger partial charge on any atom is 0.425 e. The van der Waals surface area contributed by atoms with E-state index in [2.05, 4.69) is 0 Å². The van der Waals surface area contributed by atoms with Gasteiger partial charge in [0.2, 0.25) is 5.60 Å². The van der Waals surface area contributed by atoms with Crippen molar-refractivity contribution in [2.24, 2.45) is 0 Å². The summed E-state index contributed by atoms with van der Waals surface area (Å²) >= 11 is 0. The maximum absolute atomic E-state index is 12.5. The molecule has 0 aromatic carbocycles. The maximum atomic E-state index is 12.5. The van der Waals surface area contributed by atoms with Crippen molar-refractivity contribution in [2.75, 3.05) is 0 Å². The second-order valence-corrected chi connectivity index (χ2v) is 3.10. The number of hydrogen-bond acceptors (Lipinski definition) is 3. The molecule has 1 N–H and O–H groups in total. The lowest BCUT2D eigenvalue weighted by atomic mass is 9.97. The Labute approximate surface area is 83.7 Å². The molecule has 0 aliphatic rings. The molecular formula is C9H8F3NO2. The molecule has 82 valence electrons. The number of aryl methyl sites for hydroxylation is 1. The van der Waals surface area contributed by atoms with Crippen LogP contribution in [0.1, 0.15) is 17.9 Å². The van der Waals surface area contributed by atoms with Gasteiger partial charge in [-0.1, -0.05) is 0 Å². The summed E-state index contributed by atoms with van der Waals surface area (Å²) in [7, 11) is 0. The van der Waals surface area contributed by atoms with Crippen LogP contribution in [0.4, 0.5) is 13.2 Å². The quantitative estimate of drug-likeness (QED) is 0.829. The normalized spacial score (nSPS) is 15.7. The Morgan fingerprint density at radius 2 is 2.07 bits per heavy atom. The van der Waals surface area contributed by atoms with Gasteiger partial charge in [0.15, 0.2) is 0 Å². The first-order valence-electron chi connectivity index (χ1n) is 4.04. The zero-order valence-electron chi connectivity index (χ0n) is 7.80. The van der Waals surface area contributed by atoms with E-state index in [0.717, 1.165) is 6.07 Å². The third kappa shape index (κ3) is 1.97. The first-order chi connectivity index (χ1) is 6.81. The number of nitrogens with zero attached hydrogens (tertiary/aromatic N) is 1. The molecule has 0 bridgehead atoms. The molecule has 0 aliphatic heterocycles. The van der Waals surface area contributed by atoms with E-state index >= 15 is 0 Å². The van der Waals surface area contributed by atoms with E-state index in [0.29, 0.717) is 0 Å². The Morgan fingerprint density at radius 3 is 2.40 bits per heavy atom. The van der Waals surface area contributed by atoms with Gasteiger partial charge in [-0.05, 0) is 19.1 Å². The Morgan fingerprint density at radius 1 is 1.47 bits per heavy atom. The molecule has 1 aromatic heterocycles. The van der Waals surface area contributed by atoms with Crippen molar-refractivity contribution in [3.05, 3.63) is 23.7 Å². The smallest absolute Gasteiger partial charge is 0.425 e. The SMILES string of the molecule is Cc1ccc([C@@](O)(CC#N)C(F)(F)F)o1. The highest BCUT2D eigenvalue weighted by atomic mass is 19.4. The fraction of sp³-hybridized carbons (Fsp3) is 0.444. The van der Waals surface area contributed by atoms with E-state index in [-0.39, 0.29) is 5.76 Å². The van der Waals surface area contributed by atoms with Gasteiger partial charge in [0.1, 0.15) is 11.5 Å². The van der Waals surface area contributed by atoms with Crippen LogP contribution in [0.25, 0.3) is 0 Å². The highest BCUT2D eigenvalue weighted by molar-refractivity contribution is 5.17. The van der Waals surface area contributed by atoms with Gasteiger partial charge in [0.25, 0.3) is 0 Å². The Bertz CT molecular complexity index is 391. The van der Waals surface area contributed by atoms with Gasteiger partial charge in [-0.3, -0.25) is 0 Å². The summed E-state index contributed by atoms with van der Waals surface area (Å²) in [5.74, 6) is -0.417. The third-order valence-electron chi connectivity index (χ3n) is 1.95. The molecule has 1 atom stereocenters. The van der Waals surface area contributed by atoms with Crippen molar-refractivity contribution in [3.63, 3.8) is 0 Å². The number of halogens is 3. The zero-order chi connectivity index (χ0) is 11.7. The summed E-state index contributed by atoms with van der Waals surface area (Å²) < 4.78 is 42.3. The van der Waals surface area contributed by atoms with Crippen LogP contribution in [0, 0.1) is 18.3 Å². The van der Waals surface area contributed by atoms with Crippen molar-refractivity contribution < 1.29 is 22.7 Å². The van der Waals surface area contributed by atoms with Gasteiger partial charge in [0, 0.05) is 0 Å². The minimum Gasteiger partial charge on any atom is -0.463 e. The standard InChI is InChI=1S/C9H8F3NO2/c1-6-2-3-7(15-6)8(14,4-5-13)9(10,11)12/h2-3,14H,4H2,1H3/t8-/m0/s1. The van der Waals surface area contributed by atoms with E-state index in [1.54, 1.807) is 0 Å². The predicted molar refractivity (Wildman–Crippen MR) is 43.6 cm³/mol. The van der Waals surface area contributed by atoms with Crippen LogP contribution < -0.4 is 0 Å². The summed E-state index contributed by atoms with van der Waals surface area (Å²) in [6.07, 6.45) is -6.03. The van der Waals surface area contributed by atoms with Crippen LogP contribution >= 0.6 is 0 Å². The van der Waals surface area contributed by atoms with Crippen LogP contribution in [-0.4, -0.2) is 11.3 Å². The van der Waals surface area contributed by atoms with Crippen molar-refractivity contribution in [1.29, 1.82) is 5.26 Å². The van der Waals surface area contributed by atoms with E-state index in [4.69, 9.17) is 9.68 Å². The van der Waals surface area contributed by atoms with Gasteiger partial charge in [-0.25, -0.2) is 0 Å². The van der Waals surface area contributed by atoms with E-state index < -0.39 is 24.0 Å². The van der Waals surface area contributed by atoms with Crippen LogP contribution in [0.2, 0.25) is 0 Å². The molecule has 0 spiro atoms. The number of nitriles is 1. The van der Waals surface area contributed by atoms with Crippen molar-refractivity contribution >= 4 is 0 Å². The number of furan rings is 1. The topological polar surface area (TPSA) is 57.2 Å². The summed E-state index contributed by atoms with van der Waals surface area (Å²) in [6, 6.07) is 3.60. The average Bonchev–Trinajstić information content (AvgIpc) is 2.50. The molecule has 0 unspecified atom stereocenters. The lowest BCUT2D eigenvalue weighted by Gasteiger charge is -2.25. The fourth-order valence-corrected chi connectivity index (χ4v) is 1.10. The molecule has 0 saturated heterocycles. The van der Waals surface area contributed by atoms with Crippen molar-refractivity contribution in [2.45, 2.75) is 25.1 Å². The van der Waals surface area contributed by atoms with Gasteiger partial charge in [-0.15, -0.1) is 0 Å². The molecule has 3 nitrogen and oxygen atoms in total. The molecule has 0 saturated carbocycles. The fourth-order valence-electron chi connectivity index (χ4n) is 1.10. The Balaban J connectivity index is 3.19. The summed E-state index contributed by atoms with van der Waals surface area (Å²) in [6.45, 7) is 1.45. The van der Waals surface area contributed by atoms with Gasteiger partial charge >= 0.3 is 6.18 Å². The minimum absolute atomic E-state index is 0.241. The second-order valence-electron chi connectivity index (χ2n) is 3.10. The van der Waals surface area contributed by atoms with Gasteiger partial charge < -0.3 is 9.52 Å². The van der Waals surface area contributed by atoms with Crippen LogP contribution in [0.5, 0.6) is 0 Å². The zero-order valence-corrected chi connectivity index (χ0v) is 7.80. The molecule has 1 rings (SSSR count). The molecule has 0 fully saturated rings. The molecule has 0 radical (unpaired) electrons. The molecular weight excluding hydrogens is 211 g/mol. The van der Waals surface area contributed by atoms with Gasteiger partial charge in [0.05, 0.1) is 12.5 Å². The highest BCUT2D eigenvalue weighted by Crippen LogP contribution is 2.41. The molecule has 0 amide bonds. The largest absolute Gasteiger partial charge is 0.463 e. The van der Waals surface area contributed by atoms with Crippen LogP contribution in [-0.2, 0) is 5.60 Å². The predicted octanol–water partition coefficient (Wildman–Crippen LogP) is 2.25. The van der Waals surface area contributed by atoms with Crippen molar-refractivity contribution in [3.8, 4) is 6.07 Å².